The molecule has 0 bridgehead atoms. The Kier molecular flexibility index (Phi) is 25.1. The van der Waals surface area contributed by atoms with Gasteiger partial charge in [0.2, 0.25) is 0 Å². The molecule has 8 nitrogen and oxygen atoms in total. The second-order valence-corrected chi connectivity index (χ2v) is 14.2. The van der Waals surface area contributed by atoms with E-state index in [0.717, 1.165) is 103 Å². The third kappa shape index (κ3) is 26.1. The number of carbonyl (C=O) groups excluding carboxylic acids is 3. The monoisotopic (exact) mass is 673 g/mol. The molecule has 0 N–H and O–H groups in total. The SMILES string of the molecule is CC(C)=CCCC(C)CC(=O)OCCCCCCC(CCCCCCOC(=O)CC(C)CCC=C(C)C)OC(=O)CCCn1ccnc1. The Hall–Kier alpha value is -2.90. The van der Waals surface area contributed by atoms with Crippen LogP contribution in [0.4, 0.5) is 0 Å². The van der Waals surface area contributed by atoms with Crippen LogP contribution in [0.1, 0.15) is 157 Å². The average Bonchev–Trinajstić information content (AvgIpc) is 3.53. The highest BCUT2D eigenvalue weighted by atomic mass is 16.5. The van der Waals surface area contributed by atoms with Crippen molar-refractivity contribution in [3.05, 3.63) is 42.0 Å². The number of hydrogen-bond acceptors (Lipinski definition) is 7. The largest absolute Gasteiger partial charge is 0.466 e. The topological polar surface area (TPSA) is 96.7 Å². The van der Waals surface area contributed by atoms with Crippen LogP contribution >= 0.6 is 0 Å². The number of aromatic nitrogens is 2. The highest BCUT2D eigenvalue weighted by Gasteiger charge is 2.15. The van der Waals surface area contributed by atoms with Gasteiger partial charge in [0.1, 0.15) is 6.10 Å². The summed E-state index contributed by atoms with van der Waals surface area (Å²) in [4.78, 5) is 41.0. The van der Waals surface area contributed by atoms with Gasteiger partial charge in [-0.1, -0.05) is 62.8 Å². The zero-order valence-corrected chi connectivity index (χ0v) is 31.3. The van der Waals surface area contributed by atoms with Crippen molar-refractivity contribution < 1.29 is 28.6 Å². The van der Waals surface area contributed by atoms with Gasteiger partial charge in [-0.05, 0) is 110 Å². The molecule has 0 aliphatic carbocycles. The van der Waals surface area contributed by atoms with Gasteiger partial charge in [0, 0.05) is 38.2 Å². The normalized spacial score (nSPS) is 12.9. The number of imidazole rings is 1. The van der Waals surface area contributed by atoms with Crippen LogP contribution in [0.15, 0.2) is 42.0 Å². The first-order valence-electron chi connectivity index (χ1n) is 18.8. The van der Waals surface area contributed by atoms with Crippen molar-refractivity contribution in [1.82, 2.24) is 9.55 Å². The molecular weight excluding hydrogens is 604 g/mol. The summed E-state index contributed by atoms with van der Waals surface area (Å²) in [7, 11) is 0. The Morgan fingerprint density at radius 1 is 0.667 bits per heavy atom. The Labute approximate surface area is 292 Å². The maximum atomic E-state index is 12.6. The summed E-state index contributed by atoms with van der Waals surface area (Å²) in [6.07, 6.45) is 25.2. The van der Waals surface area contributed by atoms with Crippen LogP contribution in [0.5, 0.6) is 0 Å². The predicted octanol–water partition coefficient (Wildman–Crippen LogP) is 10.1. The van der Waals surface area contributed by atoms with E-state index >= 15 is 0 Å². The predicted molar refractivity (Wildman–Crippen MR) is 194 cm³/mol. The minimum absolute atomic E-state index is 0.0814. The molecule has 0 fully saturated rings. The van der Waals surface area contributed by atoms with E-state index in [0.29, 0.717) is 44.3 Å². The third-order valence-corrected chi connectivity index (χ3v) is 8.48. The van der Waals surface area contributed by atoms with Crippen LogP contribution in [0.25, 0.3) is 0 Å². The first-order chi connectivity index (χ1) is 23.0. The molecule has 8 heteroatoms. The lowest BCUT2D eigenvalue weighted by Gasteiger charge is -2.18. The molecule has 0 aromatic carbocycles. The Balaban J connectivity index is 2.29. The highest BCUT2D eigenvalue weighted by Crippen LogP contribution is 2.18. The number of nitrogens with zero attached hydrogens (tertiary/aromatic N) is 2. The second kappa shape index (κ2) is 28.0. The summed E-state index contributed by atoms with van der Waals surface area (Å²) in [5, 5.41) is 0. The summed E-state index contributed by atoms with van der Waals surface area (Å²) < 4.78 is 18.8. The van der Waals surface area contributed by atoms with E-state index in [1.165, 1.54) is 11.1 Å². The summed E-state index contributed by atoms with van der Waals surface area (Å²) in [5.41, 5.74) is 2.63. The Morgan fingerprint density at radius 3 is 1.62 bits per heavy atom. The number of hydrogen-bond donors (Lipinski definition) is 0. The van der Waals surface area contributed by atoms with Gasteiger partial charge in [-0.3, -0.25) is 14.4 Å². The molecule has 0 aliphatic heterocycles. The minimum Gasteiger partial charge on any atom is -0.466 e. The van der Waals surface area contributed by atoms with E-state index in [9.17, 15) is 14.4 Å². The highest BCUT2D eigenvalue weighted by molar-refractivity contribution is 5.70. The molecule has 0 saturated heterocycles. The maximum absolute atomic E-state index is 12.6. The van der Waals surface area contributed by atoms with Crippen molar-refractivity contribution in [2.45, 2.75) is 170 Å². The van der Waals surface area contributed by atoms with Crippen molar-refractivity contribution in [2.75, 3.05) is 13.2 Å². The molecule has 1 rings (SSSR count). The van der Waals surface area contributed by atoms with Crippen molar-refractivity contribution in [2.24, 2.45) is 11.8 Å². The molecule has 2 atom stereocenters. The van der Waals surface area contributed by atoms with Crippen molar-refractivity contribution in [3.63, 3.8) is 0 Å². The number of esters is 3. The van der Waals surface area contributed by atoms with Crippen LogP contribution < -0.4 is 0 Å². The number of allylic oxidation sites excluding steroid dienone is 4. The summed E-state index contributed by atoms with van der Waals surface area (Å²) >= 11 is 0. The summed E-state index contributed by atoms with van der Waals surface area (Å²) in [6, 6.07) is 0. The fourth-order valence-electron chi connectivity index (χ4n) is 5.56. The molecule has 2 unspecified atom stereocenters. The zero-order valence-electron chi connectivity index (χ0n) is 31.3. The van der Waals surface area contributed by atoms with Gasteiger partial charge >= 0.3 is 17.9 Å². The average molecular weight is 673 g/mol. The number of ether oxygens (including phenoxy) is 3. The molecule has 0 spiro atoms. The first-order valence-corrected chi connectivity index (χ1v) is 18.8. The van der Waals surface area contributed by atoms with E-state index in [-0.39, 0.29) is 24.0 Å². The van der Waals surface area contributed by atoms with E-state index in [4.69, 9.17) is 14.2 Å². The standard InChI is InChI=1S/C40H68N2O6/c1-33(2)18-15-20-35(5)30-39(44)46-28-13-9-7-11-22-37(48-38(43)24-17-26-42-27-25-41-32-42)23-12-8-10-14-29-47-40(45)31-36(6)21-16-19-34(3)4/h18-19,25,27,32,35-37H,7-17,20-24,26,28-31H2,1-6H3. The van der Waals surface area contributed by atoms with E-state index in [2.05, 4.69) is 58.7 Å². The van der Waals surface area contributed by atoms with Crippen LogP contribution in [0.3, 0.4) is 0 Å². The molecule has 1 aromatic rings. The lowest BCUT2D eigenvalue weighted by atomic mass is 10.0. The van der Waals surface area contributed by atoms with Crippen molar-refractivity contribution in [3.8, 4) is 0 Å². The summed E-state index contributed by atoms with van der Waals surface area (Å²) in [5.74, 6) is 0.330. The number of carbonyl (C=O) groups is 3. The van der Waals surface area contributed by atoms with Crippen LogP contribution in [-0.2, 0) is 35.1 Å². The maximum Gasteiger partial charge on any atom is 0.306 e. The van der Waals surface area contributed by atoms with Crippen LogP contribution in [-0.4, -0.2) is 46.8 Å². The second-order valence-electron chi connectivity index (χ2n) is 14.2. The molecule has 274 valence electrons. The Morgan fingerprint density at radius 2 is 1.17 bits per heavy atom. The fraction of sp³-hybridized carbons (Fsp3) is 0.750. The number of rotatable bonds is 29. The summed E-state index contributed by atoms with van der Waals surface area (Å²) in [6.45, 7) is 14.3. The van der Waals surface area contributed by atoms with Gasteiger partial charge in [0.15, 0.2) is 0 Å². The lowest BCUT2D eigenvalue weighted by Crippen LogP contribution is -2.19. The van der Waals surface area contributed by atoms with E-state index in [1.54, 1.807) is 12.5 Å². The smallest absolute Gasteiger partial charge is 0.306 e. The van der Waals surface area contributed by atoms with Crippen molar-refractivity contribution in [1.29, 1.82) is 0 Å². The molecule has 1 aromatic heterocycles. The van der Waals surface area contributed by atoms with E-state index < -0.39 is 0 Å². The molecule has 48 heavy (non-hydrogen) atoms. The fourth-order valence-corrected chi connectivity index (χ4v) is 5.56. The van der Waals surface area contributed by atoms with Gasteiger partial charge in [-0.2, -0.15) is 0 Å². The van der Waals surface area contributed by atoms with E-state index in [1.807, 2.05) is 10.8 Å². The third-order valence-electron chi connectivity index (χ3n) is 8.48. The van der Waals surface area contributed by atoms with Gasteiger partial charge in [-0.15, -0.1) is 0 Å². The molecule has 0 saturated carbocycles. The van der Waals surface area contributed by atoms with Crippen LogP contribution in [0.2, 0.25) is 0 Å². The number of unbranched alkanes of at least 4 members (excludes halogenated alkanes) is 6. The quantitative estimate of drug-likeness (QED) is 0.0362. The van der Waals surface area contributed by atoms with Gasteiger partial charge < -0.3 is 18.8 Å². The molecule has 0 amide bonds. The van der Waals surface area contributed by atoms with Crippen LogP contribution in [0, 0.1) is 11.8 Å². The zero-order chi connectivity index (χ0) is 35.4. The lowest BCUT2D eigenvalue weighted by molar-refractivity contribution is -0.150. The van der Waals surface area contributed by atoms with Gasteiger partial charge in [0.25, 0.3) is 0 Å². The first kappa shape index (κ1) is 43.1. The van der Waals surface area contributed by atoms with Gasteiger partial charge in [-0.25, -0.2) is 4.98 Å². The Bertz CT molecular complexity index is 984. The minimum atomic E-state index is -0.135. The van der Waals surface area contributed by atoms with Gasteiger partial charge in [0.05, 0.1) is 19.5 Å². The molecular formula is C40H68N2O6. The van der Waals surface area contributed by atoms with Crippen molar-refractivity contribution >= 4 is 17.9 Å². The number of aryl methyl sites for hydroxylation is 1. The molecule has 1 heterocycles. The molecule has 0 aliphatic rings. The molecule has 0 radical (unpaired) electrons.